The van der Waals surface area contributed by atoms with Crippen LogP contribution in [0.15, 0.2) is 18.2 Å². The first-order chi connectivity index (χ1) is 8.75. The zero-order valence-electron chi connectivity index (χ0n) is 10.5. The second kappa shape index (κ2) is 4.67. The number of rotatable bonds is 4. The third-order valence-electron chi connectivity index (χ3n) is 2.69. The molecule has 8 heteroatoms. The van der Waals surface area contributed by atoms with E-state index in [0.717, 1.165) is 0 Å². The Morgan fingerprint density at radius 3 is 2.63 bits per heavy atom. The molecule has 1 aromatic carbocycles. The molecule has 1 N–H and O–H groups in total. The zero-order chi connectivity index (χ0) is 14.3. The molecule has 88 valence electrons. The van der Waals surface area contributed by atoms with Gasteiger partial charge in [-0.3, -0.25) is 4.79 Å². The molecule has 0 fully saturated rings. The molecule has 1 unspecified atom stereocenters. The lowest BCUT2D eigenvalue weighted by Gasteiger charge is -2.25. The fourth-order valence-electron chi connectivity index (χ4n) is 1.77. The van der Waals surface area contributed by atoms with Crippen LogP contribution in [0.4, 0.5) is 0 Å². The molecule has 8 radical (unpaired) electrons. The summed E-state index contributed by atoms with van der Waals surface area (Å²) in [5.41, 5.74) is -2.65. The molecule has 0 saturated carbocycles. The lowest BCUT2D eigenvalue weighted by atomic mass is 9.73. The van der Waals surface area contributed by atoms with Crippen molar-refractivity contribution in [3.63, 3.8) is 0 Å². The van der Waals surface area contributed by atoms with E-state index in [0.29, 0.717) is 17.1 Å². The van der Waals surface area contributed by atoms with Gasteiger partial charge in [0.15, 0.2) is 38.6 Å². The van der Waals surface area contributed by atoms with E-state index in [4.69, 9.17) is 40.9 Å². The fourth-order valence-corrected chi connectivity index (χ4v) is 1.77. The molecule has 19 heavy (non-hydrogen) atoms. The van der Waals surface area contributed by atoms with Gasteiger partial charge in [-0.2, -0.15) is 0 Å². The number of ether oxygens (including phenoxy) is 2. The number of fused-ring (bicyclic) bond motifs is 1. The van der Waals surface area contributed by atoms with Gasteiger partial charge in [0, 0.05) is 11.0 Å². The topological polar surface area (TPSA) is 47.6 Å². The van der Waals surface area contributed by atoms with Crippen molar-refractivity contribution in [2.75, 3.05) is 6.44 Å². The maximum absolute atomic E-state index is 12.2. The Morgan fingerprint density at radius 1 is 1.37 bits per heavy atom. The normalized spacial score (nSPS) is 18.8. The number of carbonyl (C=O) groups excluding carboxylic acids is 1. The smallest absolute Gasteiger partial charge is 0.175 e. The highest BCUT2D eigenvalue weighted by Crippen LogP contribution is 2.38. The molecule has 1 heterocycles. The Bertz CT molecular complexity index is 519. The fraction of sp³-hybridized carbons (Fsp3) is 0.364. The van der Waals surface area contributed by atoms with Crippen LogP contribution < -0.4 is 14.8 Å². The number of carbonyl (C=O) groups is 1. The van der Waals surface area contributed by atoms with Gasteiger partial charge in [-0.15, -0.1) is 0 Å². The molecular weight excluding hydrogens is 237 g/mol. The van der Waals surface area contributed by atoms with Crippen molar-refractivity contribution in [1.29, 1.82) is 0 Å². The quantitative estimate of drug-likeness (QED) is 0.558. The summed E-state index contributed by atoms with van der Waals surface area (Å²) in [5.74, 6) is 0.322. The van der Waals surface area contributed by atoms with Gasteiger partial charge in [0.25, 0.3) is 0 Å². The Balaban J connectivity index is 2.27. The molecule has 0 bridgehead atoms. The van der Waals surface area contributed by atoms with Crippen molar-refractivity contribution in [3.05, 3.63) is 23.8 Å². The van der Waals surface area contributed by atoms with E-state index in [1.54, 1.807) is 12.1 Å². The molecule has 1 atom stereocenters. The van der Waals surface area contributed by atoms with Gasteiger partial charge in [0.2, 0.25) is 0 Å². The van der Waals surface area contributed by atoms with Crippen molar-refractivity contribution in [3.8, 4) is 11.5 Å². The number of hydrogen-bond donors (Lipinski definition) is 1. The minimum atomic E-state index is -1.72. The van der Waals surface area contributed by atoms with Crippen molar-refractivity contribution in [2.24, 2.45) is 0 Å². The summed E-state index contributed by atoms with van der Waals surface area (Å²) in [7, 11) is 22.1. The average molecular weight is 246 g/mol. The Hall–Kier alpha value is -1.29. The third-order valence-corrected chi connectivity index (χ3v) is 2.69. The van der Waals surface area contributed by atoms with Gasteiger partial charge in [-0.05, 0) is 31.6 Å². The van der Waals surface area contributed by atoms with Crippen LogP contribution in [-0.2, 0) is 0 Å². The summed E-state index contributed by atoms with van der Waals surface area (Å²) in [4.78, 5) is 12.2. The second-order valence-corrected chi connectivity index (χ2v) is 4.50. The van der Waals surface area contributed by atoms with Crippen LogP contribution in [0.1, 0.15) is 17.3 Å². The molecule has 0 saturated heterocycles. The molecule has 1 aliphatic heterocycles. The van der Waals surface area contributed by atoms with Crippen LogP contribution in [0.3, 0.4) is 0 Å². The summed E-state index contributed by atoms with van der Waals surface area (Å²) in [6, 6.07) is 4.57. The van der Waals surface area contributed by atoms with E-state index < -0.39 is 11.0 Å². The van der Waals surface area contributed by atoms with Crippen LogP contribution >= 0.6 is 0 Å². The third kappa shape index (κ3) is 2.84. The number of hydrogen-bond acceptors (Lipinski definition) is 4. The molecular formula is C11H9B4NO3. The summed E-state index contributed by atoms with van der Waals surface area (Å²) in [6.45, 7) is 1.53. The average Bonchev–Trinajstić information content (AvgIpc) is 2.60. The second-order valence-electron chi connectivity index (χ2n) is 4.50. The van der Waals surface area contributed by atoms with Crippen LogP contribution in [0.25, 0.3) is 0 Å². The summed E-state index contributed by atoms with van der Waals surface area (Å²) in [5, 5.41) is 2.69. The highest BCUT2D eigenvalue weighted by atomic mass is 16.7. The standard InChI is InChI=1S/C11H9B4NO3/c1-10(13,16-5-12)9(17)6-2-3-7-8(4-6)19-11(14,15)18-7/h2-4,16H,5H2,1H3. The molecule has 0 spiro atoms. The highest BCUT2D eigenvalue weighted by molar-refractivity contribution is 6.38. The van der Waals surface area contributed by atoms with Crippen molar-refractivity contribution >= 4 is 37.2 Å². The van der Waals surface area contributed by atoms with Crippen LogP contribution in [0.5, 0.6) is 11.5 Å². The molecule has 0 amide bonds. The van der Waals surface area contributed by atoms with Crippen molar-refractivity contribution in [1.82, 2.24) is 5.32 Å². The van der Waals surface area contributed by atoms with E-state index in [2.05, 4.69) is 5.32 Å². The predicted octanol–water partition coefficient (Wildman–Crippen LogP) is -0.811. The largest absolute Gasteiger partial charge is 0.468 e. The van der Waals surface area contributed by atoms with Gasteiger partial charge >= 0.3 is 0 Å². The molecule has 1 aliphatic rings. The van der Waals surface area contributed by atoms with Crippen LogP contribution in [0, 0.1) is 0 Å². The summed E-state index contributed by atoms with van der Waals surface area (Å²) < 4.78 is 10.3. The number of benzene rings is 1. The molecule has 2 rings (SSSR count). The predicted molar refractivity (Wildman–Crippen MR) is 74.2 cm³/mol. The van der Waals surface area contributed by atoms with Crippen LogP contribution in [0.2, 0.25) is 0 Å². The van der Waals surface area contributed by atoms with Gasteiger partial charge < -0.3 is 14.8 Å². The monoisotopic (exact) mass is 247 g/mol. The highest BCUT2D eigenvalue weighted by Gasteiger charge is 2.32. The SMILES string of the molecule is [B]CNC([B])(C)C(=O)c1ccc2c(c1)OC([B])([B])O2. The minimum Gasteiger partial charge on any atom is -0.468 e. The maximum Gasteiger partial charge on any atom is 0.175 e. The van der Waals surface area contributed by atoms with E-state index in [1.807, 2.05) is 0 Å². The van der Waals surface area contributed by atoms with Gasteiger partial charge in [0.1, 0.15) is 7.85 Å². The van der Waals surface area contributed by atoms with Crippen LogP contribution in [-0.4, -0.2) is 54.6 Å². The lowest BCUT2D eigenvalue weighted by Crippen LogP contribution is -2.50. The maximum atomic E-state index is 12.2. The Morgan fingerprint density at radius 2 is 2.00 bits per heavy atom. The number of Topliss-reactive ketones (excluding diaryl/α,β-unsaturated/α-hetero) is 1. The van der Waals surface area contributed by atoms with Crippen molar-refractivity contribution < 1.29 is 14.3 Å². The summed E-state index contributed by atoms with van der Waals surface area (Å²) in [6.07, 6.45) is 0.0814. The first-order valence-corrected chi connectivity index (χ1v) is 5.64. The van der Waals surface area contributed by atoms with E-state index in [1.165, 1.54) is 13.0 Å². The van der Waals surface area contributed by atoms with E-state index >= 15 is 0 Å². The van der Waals surface area contributed by atoms with E-state index in [-0.39, 0.29) is 12.2 Å². The molecule has 0 aliphatic carbocycles. The Labute approximate surface area is 117 Å². The first-order valence-electron chi connectivity index (χ1n) is 5.64. The molecule has 0 aromatic heterocycles. The first kappa shape index (κ1) is 14.1. The van der Waals surface area contributed by atoms with Gasteiger partial charge in [0.05, 0.1) is 7.85 Å². The number of nitrogens with one attached hydrogen (secondary N) is 1. The molecule has 4 nitrogen and oxygen atoms in total. The minimum absolute atomic E-state index is 0.0814. The summed E-state index contributed by atoms with van der Waals surface area (Å²) >= 11 is 0. The zero-order valence-corrected chi connectivity index (χ0v) is 10.5. The number of ketones is 1. The van der Waals surface area contributed by atoms with Gasteiger partial charge in [-0.1, -0.05) is 0 Å². The van der Waals surface area contributed by atoms with Crippen molar-refractivity contribution in [2.45, 2.75) is 17.9 Å². The molecule has 1 aromatic rings. The van der Waals surface area contributed by atoms with E-state index in [9.17, 15) is 4.79 Å². The lowest BCUT2D eigenvalue weighted by molar-refractivity contribution is 0.0830. The Kier molecular flexibility index (Phi) is 3.47. The van der Waals surface area contributed by atoms with Gasteiger partial charge in [-0.25, -0.2) is 0 Å².